The Morgan fingerprint density at radius 1 is 1.26 bits per heavy atom. The lowest BCUT2D eigenvalue weighted by molar-refractivity contribution is -0.120. The molecule has 1 rings (SSSR count). The second-order valence-corrected chi connectivity index (χ2v) is 4.56. The number of ether oxygens (including phenoxy) is 2. The summed E-state index contributed by atoms with van der Waals surface area (Å²) in [6.07, 6.45) is 1.80. The highest BCUT2D eigenvalue weighted by molar-refractivity contribution is 6.30. The SMILES string of the molecule is COCCCCNC(=O)C(Cl)c1ccc(OC)cc1. The minimum atomic E-state index is -0.673. The van der Waals surface area contributed by atoms with E-state index in [0.717, 1.165) is 24.2 Å². The summed E-state index contributed by atoms with van der Waals surface area (Å²) in [6.45, 7) is 1.32. The van der Waals surface area contributed by atoms with Gasteiger partial charge in [0.25, 0.3) is 0 Å². The third-order valence-electron chi connectivity index (χ3n) is 2.71. The fourth-order valence-electron chi connectivity index (χ4n) is 1.60. The zero-order valence-corrected chi connectivity index (χ0v) is 12.1. The van der Waals surface area contributed by atoms with Crippen LogP contribution in [-0.2, 0) is 9.53 Å². The first-order valence-corrected chi connectivity index (χ1v) is 6.67. The number of hydrogen-bond acceptors (Lipinski definition) is 3. The fourth-order valence-corrected chi connectivity index (χ4v) is 1.82. The molecule has 5 heteroatoms. The van der Waals surface area contributed by atoms with Crippen LogP contribution in [0.1, 0.15) is 23.8 Å². The van der Waals surface area contributed by atoms with E-state index in [1.54, 1.807) is 38.5 Å². The van der Waals surface area contributed by atoms with Crippen LogP contribution in [0.4, 0.5) is 0 Å². The predicted molar refractivity (Wildman–Crippen MR) is 75.7 cm³/mol. The number of hydrogen-bond donors (Lipinski definition) is 1. The summed E-state index contributed by atoms with van der Waals surface area (Å²) in [7, 11) is 3.26. The molecule has 0 radical (unpaired) electrons. The van der Waals surface area contributed by atoms with Crippen molar-refractivity contribution in [2.24, 2.45) is 0 Å². The van der Waals surface area contributed by atoms with Gasteiger partial charge >= 0.3 is 0 Å². The van der Waals surface area contributed by atoms with Crippen LogP contribution in [-0.4, -0.2) is 33.3 Å². The van der Waals surface area contributed by atoms with E-state index < -0.39 is 5.38 Å². The summed E-state index contributed by atoms with van der Waals surface area (Å²) in [4.78, 5) is 11.8. The van der Waals surface area contributed by atoms with Crippen LogP contribution in [0.3, 0.4) is 0 Å². The van der Waals surface area contributed by atoms with Crippen LogP contribution in [0.25, 0.3) is 0 Å². The molecule has 1 unspecified atom stereocenters. The molecule has 4 nitrogen and oxygen atoms in total. The van der Waals surface area contributed by atoms with E-state index in [-0.39, 0.29) is 5.91 Å². The number of benzene rings is 1. The number of amides is 1. The monoisotopic (exact) mass is 285 g/mol. The third kappa shape index (κ3) is 5.49. The minimum absolute atomic E-state index is 0.177. The molecule has 0 saturated carbocycles. The maximum Gasteiger partial charge on any atom is 0.242 e. The summed E-state index contributed by atoms with van der Waals surface area (Å²) >= 11 is 6.11. The highest BCUT2D eigenvalue weighted by atomic mass is 35.5. The topological polar surface area (TPSA) is 47.6 Å². The van der Waals surface area contributed by atoms with Crippen molar-refractivity contribution in [1.29, 1.82) is 0 Å². The molecule has 0 saturated heterocycles. The normalized spacial score (nSPS) is 11.9. The molecule has 0 aliphatic carbocycles. The van der Waals surface area contributed by atoms with Crippen LogP contribution in [0, 0.1) is 0 Å². The number of methoxy groups -OCH3 is 2. The van der Waals surface area contributed by atoms with Gasteiger partial charge in [0.1, 0.15) is 11.1 Å². The van der Waals surface area contributed by atoms with Crippen LogP contribution >= 0.6 is 11.6 Å². The van der Waals surface area contributed by atoms with Crippen molar-refractivity contribution in [2.75, 3.05) is 27.4 Å². The molecule has 19 heavy (non-hydrogen) atoms. The molecular formula is C14H20ClNO3. The number of nitrogens with one attached hydrogen (secondary N) is 1. The Bertz CT molecular complexity index is 381. The minimum Gasteiger partial charge on any atom is -0.497 e. The summed E-state index contributed by atoms with van der Waals surface area (Å²) in [6, 6.07) is 7.16. The standard InChI is InChI=1S/C14H20ClNO3/c1-18-10-4-3-9-16-14(17)13(15)11-5-7-12(19-2)8-6-11/h5-8,13H,3-4,9-10H2,1-2H3,(H,16,17). The van der Waals surface area contributed by atoms with Crippen molar-refractivity contribution in [1.82, 2.24) is 5.32 Å². The first-order valence-electron chi connectivity index (χ1n) is 6.23. The molecular weight excluding hydrogens is 266 g/mol. The summed E-state index contributed by atoms with van der Waals surface area (Å²) in [5.41, 5.74) is 0.761. The van der Waals surface area contributed by atoms with Crippen molar-refractivity contribution >= 4 is 17.5 Å². The largest absolute Gasteiger partial charge is 0.497 e. The predicted octanol–water partition coefficient (Wildman–Crippen LogP) is 2.52. The van der Waals surface area contributed by atoms with Crippen molar-refractivity contribution < 1.29 is 14.3 Å². The number of unbranched alkanes of at least 4 members (excludes halogenated alkanes) is 1. The number of carbonyl (C=O) groups excluding carboxylic acids is 1. The average molecular weight is 286 g/mol. The van der Waals surface area contributed by atoms with E-state index in [1.165, 1.54) is 0 Å². The summed E-state index contributed by atoms with van der Waals surface area (Å²) < 4.78 is 9.99. The van der Waals surface area contributed by atoms with Gasteiger partial charge in [-0.2, -0.15) is 0 Å². The second kappa shape index (κ2) is 8.77. The second-order valence-electron chi connectivity index (χ2n) is 4.13. The van der Waals surface area contributed by atoms with Gasteiger partial charge in [0.2, 0.25) is 5.91 Å². The molecule has 0 aliphatic heterocycles. The lowest BCUT2D eigenvalue weighted by Crippen LogP contribution is -2.28. The Morgan fingerprint density at radius 3 is 2.53 bits per heavy atom. The van der Waals surface area contributed by atoms with Gasteiger partial charge in [-0.3, -0.25) is 4.79 Å². The molecule has 0 bridgehead atoms. The molecule has 1 aromatic carbocycles. The van der Waals surface area contributed by atoms with Gasteiger partial charge in [-0.05, 0) is 30.5 Å². The lowest BCUT2D eigenvalue weighted by atomic mass is 10.1. The first kappa shape index (κ1) is 15.8. The van der Waals surface area contributed by atoms with E-state index in [2.05, 4.69) is 5.32 Å². The van der Waals surface area contributed by atoms with Gasteiger partial charge in [-0.1, -0.05) is 12.1 Å². The highest BCUT2D eigenvalue weighted by Gasteiger charge is 2.16. The maximum atomic E-state index is 11.8. The zero-order valence-electron chi connectivity index (χ0n) is 11.3. The molecule has 1 aromatic rings. The molecule has 1 N–H and O–H groups in total. The molecule has 0 aromatic heterocycles. The van der Waals surface area contributed by atoms with Gasteiger partial charge in [0.05, 0.1) is 7.11 Å². The summed E-state index contributed by atoms with van der Waals surface area (Å²) in [5, 5.41) is 2.14. The van der Waals surface area contributed by atoms with E-state index in [4.69, 9.17) is 21.1 Å². The zero-order chi connectivity index (χ0) is 14.1. The average Bonchev–Trinajstić information content (AvgIpc) is 2.46. The Hall–Kier alpha value is -1.26. The number of carbonyl (C=O) groups is 1. The fraction of sp³-hybridized carbons (Fsp3) is 0.500. The Morgan fingerprint density at radius 2 is 1.95 bits per heavy atom. The van der Waals surface area contributed by atoms with Crippen molar-refractivity contribution in [3.8, 4) is 5.75 Å². The Balaban J connectivity index is 2.38. The molecule has 0 heterocycles. The van der Waals surface area contributed by atoms with E-state index in [1.807, 2.05) is 0 Å². The van der Waals surface area contributed by atoms with Gasteiger partial charge in [0, 0.05) is 20.3 Å². The molecule has 0 fully saturated rings. The first-order chi connectivity index (χ1) is 9.19. The smallest absolute Gasteiger partial charge is 0.242 e. The molecule has 1 atom stereocenters. The van der Waals surface area contributed by atoms with Crippen molar-refractivity contribution in [3.63, 3.8) is 0 Å². The van der Waals surface area contributed by atoms with Crippen LogP contribution in [0.15, 0.2) is 24.3 Å². The van der Waals surface area contributed by atoms with E-state index in [9.17, 15) is 4.79 Å². The van der Waals surface area contributed by atoms with Gasteiger partial charge in [0.15, 0.2) is 0 Å². The quantitative estimate of drug-likeness (QED) is 0.590. The highest BCUT2D eigenvalue weighted by Crippen LogP contribution is 2.22. The van der Waals surface area contributed by atoms with Gasteiger partial charge < -0.3 is 14.8 Å². The van der Waals surface area contributed by atoms with Gasteiger partial charge in [-0.15, -0.1) is 11.6 Å². The van der Waals surface area contributed by atoms with E-state index in [0.29, 0.717) is 13.2 Å². The van der Waals surface area contributed by atoms with Crippen molar-refractivity contribution in [2.45, 2.75) is 18.2 Å². The molecule has 1 amide bonds. The Kier molecular flexibility index (Phi) is 7.30. The van der Waals surface area contributed by atoms with Crippen LogP contribution in [0.2, 0.25) is 0 Å². The molecule has 0 aliphatic rings. The van der Waals surface area contributed by atoms with E-state index >= 15 is 0 Å². The van der Waals surface area contributed by atoms with Gasteiger partial charge in [-0.25, -0.2) is 0 Å². The summed E-state index contributed by atoms with van der Waals surface area (Å²) in [5.74, 6) is 0.567. The molecule has 106 valence electrons. The maximum absolute atomic E-state index is 11.8. The lowest BCUT2D eigenvalue weighted by Gasteiger charge is -2.11. The number of alkyl halides is 1. The third-order valence-corrected chi connectivity index (χ3v) is 3.16. The Labute approximate surface area is 119 Å². The number of rotatable bonds is 8. The molecule has 0 spiro atoms. The number of halogens is 1. The van der Waals surface area contributed by atoms with Crippen LogP contribution in [0.5, 0.6) is 5.75 Å². The van der Waals surface area contributed by atoms with Crippen molar-refractivity contribution in [3.05, 3.63) is 29.8 Å². The van der Waals surface area contributed by atoms with Crippen LogP contribution < -0.4 is 10.1 Å².